The molecule has 0 saturated heterocycles. The predicted octanol–water partition coefficient (Wildman–Crippen LogP) is 2.44. The van der Waals surface area contributed by atoms with Gasteiger partial charge in [-0.2, -0.15) is 9.78 Å². The van der Waals surface area contributed by atoms with E-state index in [1.165, 1.54) is 10.7 Å². The summed E-state index contributed by atoms with van der Waals surface area (Å²) in [4.78, 5) is 17.5. The molecule has 0 saturated carbocycles. The maximum absolute atomic E-state index is 12.8. The first kappa shape index (κ1) is 12.2. The van der Waals surface area contributed by atoms with Crippen LogP contribution in [0.3, 0.4) is 0 Å². The van der Waals surface area contributed by atoms with E-state index in [1.807, 2.05) is 25.1 Å². The summed E-state index contributed by atoms with van der Waals surface area (Å²) >= 11 is 0. The molecule has 5 rings (SSSR count). The highest BCUT2D eigenvalue weighted by molar-refractivity contribution is 5.89. The van der Waals surface area contributed by atoms with E-state index < -0.39 is 0 Å². The van der Waals surface area contributed by atoms with Crippen molar-refractivity contribution in [3.63, 3.8) is 0 Å². The molecule has 1 unspecified atom stereocenters. The van der Waals surface area contributed by atoms with Gasteiger partial charge in [-0.1, -0.05) is 18.2 Å². The van der Waals surface area contributed by atoms with Crippen molar-refractivity contribution in [3.05, 3.63) is 58.0 Å². The molecule has 3 aromatic heterocycles. The van der Waals surface area contributed by atoms with E-state index in [9.17, 15) is 10.1 Å². The van der Waals surface area contributed by atoms with Crippen molar-refractivity contribution < 1.29 is 0 Å². The van der Waals surface area contributed by atoms with Crippen molar-refractivity contribution >= 4 is 16.6 Å². The van der Waals surface area contributed by atoms with Gasteiger partial charge in [-0.3, -0.25) is 9.89 Å². The zero-order valence-electron chi connectivity index (χ0n) is 12.2. The van der Waals surface area contributed by atoms with Gasteiger partial charge in [0.15, 0.2) is 5.65 Å². The zero-order chi connectivity index (χ0) is 15.7. The lowest BCUT2D eigenvalue weighted by Crippen LogP contribution is -2.22. The molecule has 0 fully saturated rings. The molecule has 4 aromatic rings. The lowest BCUT2D eigenvalue weighted by molar-refractivity contribution is 0.684. The highest BCUT2D eigenvalue weighted by atomic mass is 16.1. The summed E-state index contributed by atoms with van der Waals surface area (Å²) in [6.07, 6.45) is 1.51. The number of hydrogen-bond donors (Lipinski definition) is 1. The summed E-state index contributed by atoms with van der Waals surface area (Å²) in [6, 6.07) is 12.1. The molecule has 110 valence electrons. The maximum atomic E-state index is 12.8. The molecule has 1 atom stereocenters. The van der Waals surface area contributed by atoms with Crippen LogP contribution in [0.15, 0.2) is 41.3 Å². The molecule has 1 aromatic carbocycles. The fourth-order valence-electron chi connectivity index (χ4n) is 3.59. The van der Waals surface area contributed by atoms with Gasteiger partial charge >= 0.3 is 0 Å². The minimum atomic E-state index is -0.146. The fraction of sp³-hybridized carbons (Fsp3) is 0.118. The standard InChI is InChI=1S/C17H11N5O/c1-9-14-15(13-6-10-4-2-3-5-12(10)21(9)13)20-16-11(7-18)8-19-22(16)17(14)23/h2-6,8-9,19H,1H3. The van der Waals surface area contributed by atoms with E-state index in [2.05, 4.69) is 32.9 Å². The number of rotatable bonds is 0. The molecule has 0 bridgehead atoms. The van der Waals surface area contributed by atoms with Crippen molar-refractivity contribution in [1.82, 2.24) is 19.2 Å². The van der Waals surface area contributed by atoms with E-state index in [1.54, 1.807) is 0 Å². The normalized spacial score (nSPS) is 15.7. The van der Waals surface area contributed by atoms with E-state index in [0.717, 1.165) is 16.6 Å². The average Bonchev–Trinajstić information content (AvgIpc) is 3.21. The van der Waals surface area contributed by atoms with Crippen LogP contribution >= 0.6 is 0 Å². The van der Waals surface area contributed by atoms with Gasteiger partial charge < -0.3 is 4.57 Å². The second-order valence-electron chi connectivity index (χ2n) is 5.77. The third kappa shape index (κ3) is 1.32. The highest BCUT2D eigenvalue weighted by Gasteiger charge is 2.32. The van der Waals surface area contributed by atoms with Crippen LogP contribution in [0.2, 0.25) is 0 Å². The largest absolute Gasteiger partial charge is 0.332 e. The number of nitrogens with zero attached hydrogens (tertiary/aromatic N) is 4. The predicted molar refractivity (Wildman–Crippen MR) is 85.3 cm³/mol. The molecule has 0 aliphatic carbocycles. The first-order chi connectivity index (χ1) is 11.2. The molecule has 6 heteroatoms. The van der Waals surface area contributed by atoms with Crippen LogP contribution < -0.4 is 5.56 Å². The maximum Gasteiger partial charge on any atom is 0.278 e. The smallest absolute Gasteiger partial charge is 0.278 e. The number of aromatic amines is 1. The Morgan fingerprint density at radius 2 is 2.17 bits per heavy atom. The summed E-state index contributed by atoms with van der Waals surface area (Å²) in [7, 11) is 0. The second-order valence-corrected chi connectivity index (χ2v) is 5.77. The summed E-state index contributed by atoms with van der Waals surface area (Å²) in [6.45, 7) is 2.01. The van der Waals surface area contributed by atoms with Gasteiger partial charge in [0.1, 0.15) is 17.3 Å². The lowest BCUT2D eigenvalue weighted by Gasteiger charge is -2.09. The third-order valence-corrected chi connectivity index (χ3v) is 4.61. The van der Waals surface area contributed by atoms with Crippen LogP contribution in [-0.4, -0.2) is 19.2 Å². The summed E-state index contributed by atoms with van der Waals surface area (Å²) in [5.41, 5.74) is 3.95. The molecule has 1 aliphatic heterocycles. The van der Waals surface area contributed by atoms with Gasteiger partial charge in [-0.05, 0) is 19.1 Å². The minimum absolute atomic E-state index is 0.0920. The van der Waals surface area contributed by atoms with E-state index >= 15 is 0 Å². The Kier molecular flexibility index (Phi) is 2.07. The van der Waals surface area contributed by atoms with Crippen LogP contribution in [0.5, 0.6) is 0 Å². The van der Waals surface area contributed by atoms with Gasteiger partial charge in [-0.25, -0.2) is 4.98 Å². The average molecular weight is 301 g/mol. The number of hydrogen-bond acceptors (Lipinski definition) is 3. The molecule has 23 heavy (non-hydrogen) atoms. The van der Waals surface area contributed by atoms with Crippen molar-refractivity contribution in [2.45, 2.75) is 13.0 Å². The number of nitriles is 1. The molecule has 0 spiro atoms. The Hall–Kier alpha value is -3.33. The van der Waals surface area contributed by atoms with Crippen molar-refractivity contribution in [2.24, 2.45) is 0 Å². The van der Waals surface area contributed by atoms with E-state index in [4.69, 9.17) is 0 Å². The molecule has 6 nitrogen and oxygen atoms in total. The van der Waals surface area contributed by atoms with Gasteiger partial charge in [0.25, 0.3) is 5.56 Å². The monoisotopic (exact) mass is 301 g/mol. The number of nitrogens with one attached hydrogen (secondary N) is 1. The Balaban J connectivity index is 1.96. The van der Waals surface area contributed by atoms with Gasteiger partial charge in [0, 0.05) is 17.1 Å². The third-order valence-electron chi connectivity index (χ3n) is 4.61. The first-order valence-electron chi connectivity index (χ1n) is 7.35. The molecule has 0 radical (unpaired) electrons. The van der Waals surface area contributed by atoms with Crippen LogP contribution in [0.25, 0.3) is 27.9 Å². The van der Waals surface area contributed by atoms with Crippen molar-refractivity contribution in [2.75, 3.05) is 0 Å². The van der Waals surface area contributed by atoms with Crippen molar-refractivity contribution in [3.8, 4) is 17.5 Å². The van der Waals surface area contributed by atoms with Crippen LogP contribution in [0, 0.1) is 11.3 Å². The zero-order valence-corrected chi connectivity index (χ0v) is 12.2. The molecule has 1 aliphatic rings. The Morgan fingerprint density at radius 1 is 1.35 bits per heavy atom. The summed E-state index contributed by atoms with van der Waals surface area (Å²) < 4.78 is 3.49. The lowest BCUT2D eigenvalue weighted by atomic mass is 10.1. The topological polar surface area (TPSA) is 78.9 Å². The van der Waals surface area contributed by atoms with Crippen LogP contribution in [-0.2, 0) is 0 Å². The number of fused-ring (bicyclic) bond motifs is 6. The molecular weight excluding hydrogens is 290 g/mol. The molecule has 0 amide bonds. The number of para-hydroxylation sites is 1. The van der Waals surface area contributed by atoms with Gasteiger partial charge in [0.05, 0.1) is 17.3 Å². The molecule has 4 heterocycles. The first-order valence-corrected chi connectivity index (χ1v) is 7.35. The Morgan fingerprint density at radius 3 is 3.00 bits per heavy atom. The quantitative estimate of drug-likeness (QED) is 0.542. The molecular formula is C17H11N5O. The van der Waals surface area contributed by atoms with Crippen LogP contribution in [0.1, 0.15) is 24.1 Å². The Labute approximate surface area is 130 Å². The second kappa shape index (κ2) is 3.90. The highest BCUT2D eigenvalue weighted by Crippen LogP contribution is 2.41. The summed E-state index contributed by atoms with van der Waals surface area (Å²) in [5, 5.41) is 13.1. The number of benzene rings is 1. The number of H-pyrrole nitrogens is 1. The van der Waals surface area contributed by atoms with Crippen LogP contribution in [0.4, 0.5) is 0 Å². The summed E-state index contributed by atoms with van der Waals surface area (Å²) in [5.74, 6) is 0. The minimum Gasteiger partial charge on any atom is -0.332 e. The van der Waals surface area contributed by atoms with E-state index in [-0.39, 0.29) is 11.6 Å². The van der Waals surface area contributed by atoms with Gasteiger partial charge in [0.2, 0.25) is 0 Å². The Bertz CT molecular complexity index is 1220. The van der Waals surface area contributed by atoms with Crippen molar-refractivity contribution in [1.29, 1.82) is 5.26 Å². The SMILES string of the molecule is CC1c2c(nc3c(C#N)c[nH]n3c2=O)-c2cc3ccccc3n21. The molecule has 1 N–H and O–H groups in total. The fourth-order valence-corrected chi connectivity index (χ4v) is 3.59. The number of aromatic nitrogens is 4. The van der Waals surface area contributed by atoms with E-state index in [0.29, 0.717) is 22.5 Å². The van der Waals surface area contributed by atoms with Gasteiger partial charge in [-0.15, -0.1) is 0 Å².